The predicted molar refractivity (Wildman–Crippen MR) is 74.9 cm³/mol. The lowest BCUT2D eigenvalue weighted by molar-refractivity contribution is 0.112. The molecule has 0 amide bonds. The zero-order valence-corrected chi connectivity index (χ0v) is 11.3. The van der Waals surface area contributed by atoms with Gasteiger partial charge in [-0.3, -0.25) is 4.79 Å². The van der Waals surface area contributed by atoms with E-state index in [1.54, 1.807) is 24.5 Å². The van der Waals surface area contributed by atoms with Gasteiger partial charge >= 0.3 is 0 Å². The largest absolute Gasteiger partial charge is 0.298 e. The minimum atomic E-state index is -0.573. The molecule has 0 aliphatic carbocycles. The third-order valence-corrected chi connectivity index (χ3v) is 3.13. The van der Waals surface area contributed by atoms with Crippen molar-refractivity contribution in [3.63, 3.8) is 0 Å². The molecule has 0 unspecified atom stereocenters. The van der Waals surface area contributed by atoms with Gasteiger partial charge < -0.3 is 0 Å². The van der Waals surface area contributed by atoms with Gasteiger partial charge in [-0.2, -0.15) is 5.10 Å². The molecule has 7 heteroatoms. The van der Waals surface area contributed by atoms with Gasteiger partial charge in [0, 0.05) is 24.2 Å². The minimum absolute atomic E-state index is 0.0113. The van der Waals surface area contributed by atoms with Crippen LogP contribution in [0.3, 0.4) is 0 Å². The molecule has 21 heavy (non-hydrogen) atoms. The van der Waals surface area contributed by atoms with E-state index < -0.39 is 5.82 Å². The molecule has 0 aliphatic heterocycles. The van der Waals surface area contributed by atoms with Crippen molar-refractivity contribution in [3.8, 4) is 17.2 Å². The zero-order valence-electron chi connectivity index (χ0n) is 10.6. The van der Waals surface area contributed by atoms with Gasteiger partial charge in [-0.15, -0.1) is 0 Å². The monoisotopic (exact) mass is 302 g/mol. The van der Waals surface area contributed by atoms with Gasteiger partial charge in [-0.05, 0) is 18.2 Å². The Kier molecular flexibility index (Phi) is 3.45. The van der Waals surface area contributed by atoms with E-state index in [2.05, 4.69) is 15.1 Å². The molecule has 0 spiro atoms. The van der Waals surface area contributed by atoms with Crippen LogP contribution in [-0.4, -0.2) is 26.0 Å². The van der Waals surface area contributed by atoms with Crippen LogP contribution in [0, 0.1) is 5.82 Å². The molecule has 0 radical (unpaired) electrons. The third-order valence-electron chi connectivity index (χ3n) is 2.82. The lowest BCUT2D eigenvalue weighted by Gasteiger charge is -2.00. The van der Waals surface area contributed by atoms with Crippen LogP contribution >= 0.6 is 11.6 Å². The van der Waals surface area contributed by atoms with Crippen molar-refractivity contribution in [2.45, 2.75) is 0 Å². The van der Waals surface area contributed by atoms with E-state index in [9.17, 15) is 9.18 Å². The number of aldehydes is 1. The summed E-state index contributed by atoms with van der Waals surface area (Å²) in [5, 5.41) is 4.25. The first kappa shape index (κ1) is 13.4. The molecule has 3 rings (SSSR count). The summed E-state index contributed by atoms with van der Waals surface area (Å²) in [7, 11) is 0. The molecule has 0 saturated carbocycles. The predicted octanol–water partition coefficient (Wildman–Crippen LogP) is 2.93. The summed E-state index contributed by atoms with van der Waals surface area (Å²) in [6.45, 7) is 0. The molecule has 0 saturated heterocycles. The Balaban J connectivity index is 2.12. The fourth-order valence-electron chi connectivity index (χ4n) is 1.85. The van der Waals surface area contributed by atoms with Crippen LogP contribution in [0.25, 0.3) is 17.2 Å². The van der Waals surface area contributed by atoms with Gasteiger partial charge in [0.2, 0.25) is 5.95 Å². The highest BCUT2D eigenvalue weighted by Crippen LogP contribution is 2.25. The maximum atomic E-state index is 13.6. The third kappa shape index (κ3) is 2.53. The fraction of sp³-hybridized carbons (Fsp3) is 0. The van der Waals surface area contributed by atoms with Crippen LogP contribution in [0.1, 0.15) is 10.4 Å². The van der Waals surface area contributed by atoms with E-state index in [1.807, 2.05) is 0 Å². The minimum Gasteiger partial charge on any atom is -0.298 e. The lowest BCUT2D eigenvalue weighted by atomic mass is 10.1. The second-order valence-corrected chi connectivity index (χ2v) is 4.58. The van der Waals surface area contributed by atoms with Crippen molar-refractivity contribution in [3.05, 3.63) is 59.3 Å². The Morgan fingerprint density at radius 1 is 1.24 bits per heavy atom. The van der Waals surface area contributed by atoms with Crippen molar-refractivity contribution in [2.75, 3.05) is 0 Å². The molecule has 0 fully saturated rings. The van der Waals surface area contributed by atoms with Crippen molar-refractivity contribution in [2.24, 2.45) is 0 Å². The normalized spacial score (nSPS) is 10.6. The van der Waals surface area contributed by atoms with E-state index in [0.717, 1.165) is 0 Å². The number of halogens is 2. The summed E-state index contributed by atoms with van der Waals surface area (Å²) in [6.07, 6.45) is 5.26. The molecule has 0 bridgehead atoms. The van der Waals surface area contributed by atoms with Crippen molar-refractivity contribution >= 4 is 17.9 Å². The van der Waals surface area contributed by atoms with Crippen LogP contribution in [-0.2, 0) is 0 Å². The first-order valence-corrected chi connectivity index (χ1v) is 6.34. The molecule has 3 aromatic rings. The molecule has 0 aliphatic rings. The second-order valence-electron chi connectivity index (χ2n) is 4.17. The fourth-order valence-corrected chi connectivity index (χ4v) is 1.97. The number of hydrogen-bond donors (Lipinski definition) is 0. The zero-order chi connectivity index (χ0) is 14.8. The lowest BCUT2D eigenvalue weighted by Crippen LogP contribution is -2.00. The van der Waals surface area contributed by atoms with E-state index in [0.29, 0.717) is 29.1 Å². The van der Waals surface area contributed by atoms with Crippen LogP contribution in [0.5, 0.6) is 0 Å². The molecule has 5 nitrogen and oxygen atoms in total. The summed E-state index contributed by atoms with van der Waals surface area (Å²) in [6, 6.07) is 5.91. The summed E-state index contributed by atoms with van der Waals surface area (Å²) in [4.78, 5) is 19.3. The van der Waals surface area contributed by atoms with Crippen LogP contribution in [0.15, 0.2) is 42.9 Å². The summed E-state index contributed by atoms with van der Waals surface area (Å²) >= 11 is 5.65. The van der Waals surface area contributed by atoms with E-state index in [1.165, 1.54) is 23.0 Å². The Bertz CT molecular complexity index is 804. The second kappa shape index (κ2) is 5.41. The molecular formula is C14H8ClFN4O. The number of aromatic nitrogens is 4. The SMILES string of the molecule is O=Cc1cn(-c2ncccn2)nc1-c1ccc(Cl)c(F)c1. The average Bonchev–Trinajstić information content (AvgIpc) is 2.95. The number of carbonyl (C=O) groups excluding carboxylic acids is 1. The Labute approximate surface area is 124 Å². The van der Waals surface area contributed by atoms with Crippen LogP contribution in [0.4, 0.5) is 4.39 Å². The van der Waals surface area contributed by atoms with Gasteiger partial charge in [0.25, 0.3) is 0 Å². The number of hydrogen-bond acceptors (Lipinski definition) is 4. The standard InChI is InChI=1S/C14H8ClFN4O/c15-11-3-2-9(6-12(11)16)13-10(8-21)7-20(19-13)14-17-4-1-5-18-14/h1-8H. The topological polar surface area (TPSA) is 60.7 Å². The van der Waals surface area contributed by atoms with Gasteiger partial charge in [0.05, 0.1) is 10.6 Å². The maximum absolute atomic E-state index is 13.6. The highest BCUT2D eigenvalue weighted by atomic mass is 35.5. The first-order valence-electron chi connectivity index (χ1n) is 5.96. The van der Waals surface area contributed by atoms with Crippen LogP contribution in [0.2, 0.25) is 5.02 Å². The van der Waals surface area contributed by atoms with Gasteiger partial charge in [0.15, 0.2) is 6.29 Å². The van der Waals surface area contributed by atoms with Crippen molar-refractivity contribution in [1.29, 1.82) is 0 Å². The van der Waals surface area contributed by atoms with E-state index >= 15 is 0 Å². The van der Waals surface area contributed by atoms with E-state index in [-0.39, 0.29) is 5.02 Å². The van der Waals surface area contributed by atoms with Crippen molar-refractivity contribution in [1.82, 2.24) is 19.7 Å². The molecule has 0 N–H and O–H groups in total. The van der Waals surface area contributed by atoms with Gasteiger partial charge in [-0.25, -0.2) is 19.0 Å². The van der Waals surface area contributed by atoms with E-state index in [4.69, 9.17) is 11.6 Å². The average molecular weight is 303 g/mol. The highest BCUT2D eigenvalue weighted by Gasteiger charge is 2.14. The summed E-state index contributed by atoms with van der Waals surface area (Å²) in [5.74, 6) is -0.252. The number of rotatable bonds is 3. The van der Waals surface area contributed by atoms with Gasteiger partial charge in [0.1, 0.15) is 11.5 Å². The van der Waals surface area contributed by atoms with Crippen molar-refractivity contribution < 1.29 is 9.18 Å². The summed E-state index contributed by atoms with van der Waals surface area (Å²) in [5.41, 5.74) is 1.10. The number of carbonyl (C=O) groups is 1. The molecule has 104 valence electrons. The molecular weight excluding hydrogens is 295 g/mol. The molecule has 2 heterocycles. The van der Waals surface area contributed by atoms with Gasteiger partial charge in [-0.1, -0.05) is 17.7 Å². The molecule has 0 atom stereocenters. The quantitative estimate of drug-likeness (QED) is 0.698. The highest BCUT2D eigenvalue weighted by molar-refractivity contribution is 6.30. The summed E-state index contributed by atoms with van der Waals surface area (Å²) < 4.78 is 14.9. The number of benzene rings is 1. The number of nitrogens with zero attached hydrogens (tertiary/aromatic N) is 4. The Morgan fingerprint density at radius 2 is 2.00 bits per heavy atom. The first-order chi connectivity index (χ1) is 10.2. The van der Waals surface area contributed by atoms with Crippen LogP contribution < -0.4 is 0 Å². The smallest absolute Gasteiger partial charge is 0.250 e. The maximum Gasteiger partial charge on any atom is 0.250 e. The Morgan fingerprint density at radius 3 is 2.67 bits per heavy atom. The molecule has 2 aromatic heterocycles. The Hall–Kier alpha value is -2.60. The molecule has 1 aromatic carbocycles.